The summed E-state index contributed by atoms with van der Waals surface area (Å²) in [6, 6.07) is 0.927. The maximum absolute atomic E-state index is 5.94. The highest BCUT2D eigenvalue weighted by molar-refractivity contribution is 5.80. The number of hydrogen-bond acceptors (Lipinski definition) is 4. The summed E-state index contributed by atoms with van der Waals surface area (Å²) in [5, 5.41) is 7.21. The molecule has 2 saturated heterocycles. The minimum absolute atomic E-state index is 0.166. The molecule has 3 rings (SSSR count). The summed E-state index contributed by atoms with van der Waals surface area (Å²) in [4.78, 5) is 7.57. The Morgan fingerprint density at radius 3 is 2.63 bits per heavy atom. The number of morpholine rings is 1. The van der Waals surface area contributed by atoms with Crippen LogP contribution in [0.1, 0.15) is 47.5 Å². The lowest BCUT2D eigenvalue weighted by atomic mass is 9.57. The van der Waals surface area contributed by atoms with E-state index in [1.807, 2.05) is 0 Å². The third-order valence-electron chi connectivity index (χ3n) is 6.50. The molecular weight excluding hydrogens is 340 g/mol. The summed E-state index contributed by atoms with van der Waals surface area (Å²) in [5.74, 6) is 2.25. The largest absolute Gasteiger partial charge is 0.379 e. The van der Waals surface area contributed by atoms with Crippen LogP contribution in [0.3, 0.4) is 0 Å². The molecule has 4 unspecified atom stereocenters. The molecule has 2 N–H and O–H groups in total. The molecule has 3 aliphatic rings. The Morgan fingerprint density at radius 1 is 1.22 bits per heavy atom. The number of nitrogens with zero attached hydrogens (tertiary/aromatic N) is 2. The van der Waals surface area contributed by atoms with Crippen molar-refractivity contribution in [3.05, 3.63) is 0 Å². The number of aliphatic imine (C=N–C) groups is 1. The molecule has 2 aliphatic heterocycles. The second-order valence-electron chi connectivity index (χ2n) is 9.34. The fourth-order valence-corrected chi connectivity index (χ4v) is 5.11. The monoisotopic (exact) mass is 380 g/mol. The summed E-state index contributed by atoms with van der Waals surface area (Å²) in [5.41, 5.74) is 0.166. The molecule has 1 saturated carbocycles. The van der Waals surface area contributed by atoms with Gasteiger partial charge in [-0.25, -0.2) is 0 Å². The van der Waals surface area contributed by atoms with E-state index in [9.17, 15) is 0 Å². The first kappa shape index (κ1) is 20.9. The van der Waals surface area contributed by atoms with Crippen LogP contribution in [-0.2, 0) is 9.47 Å². The van der Waals surface area contributed by atoms with Crippen molar-refractivity contribution in [2.45, 2.75) is 65.6 Å². The van der Waals surface area contributed by atoms with Crippen molar-refractivity contribution in [1.29, 1.82) is 0 Å². The zero-order chi connectivity index (χ0) is 19.4. The Hall–Kier alpha value is -0.850. The molecule has 27 heavy (non-hydrogen) atoms. The van der Waals surface area contributed by atoms with Gasteiger partial charge in [0.05, 0.1) is 25.9 Å². The van der Waals surface area contributed by atoms with Crippen molar-refractivity contribution in [2.24, 2.45) is 22.2 Å². The number of guanidine groups is 1. The fraction of sp³-hybridized carbons (Fsp3) is 0.952. The van der Waals surface area contributed by atoms with Gasteiger partial charge in [-0.3, -0.25) is 9.89 Å². The van der Waals surface area contributed by atoms with Gasteiger partial charge in [0.1, 0.15) is 0 Å². The van der Waals surface area contributed by atoms with E-state index < -0.39 is 0 Å². The molecule has 0 amide bonds. The zero-order valence-corrected chi connectivity index (χ0v) is 18.0. The number of nitrogens with one attached hydrogen (secondary N) is 2. The van der Waals surface area contributed by atoms with Gasteiger partial charge in [0.15, 0.2) is 5.96 Å². The van der Waals surface area contributed by atoms with Gasteiger partial charge in [0.25, 0.3) is 0 Å². The lowest BCUT2D eigenvalue weighted by molar-refractivity contribution is -0.106. The number of hydrogen-bond donors (Lipinski definition) is 2. The van der Waals surface area contributed by atoms with Crippen LogP contribution in [0.4, 0.5) is 0 Å². The van der Waals surface area contributed by atoms with Crippen LogP contribution < -0.4 is 10.6 Å². The zero-order valence-electron chi connectivity index (χ0n) is 18.0. The first-order chi connectivity index (χ1) is 12.9. The maximum Gasteiger partial charge on any atom is 0.191 e. The second kappa shape index (κ2) is 9.10. The number of ether oxygens (including phenoxy) is 2. The first-order valence-corrected chi connectivity index (χ1v) is 10.9. The number of fused-ring (bicyclic) bond motifs is 1. The van der Waals surface area contributed by atoms with E-state index in [1.165, 1.54) is 6.42 Å². The van der Waals surface area contributed by atoms with Gasteiger partial charge in [-0.05, 0) is 25.7 Å². The maximum atomic E-state index is 5.94. The van der Waals surface area contributed by atoms with Gasteiger partial charge in [-0.15, -0.1) is 0 Å². The predicted molar refractivity (Wildman–Crippen MR) is 110 cm³/mol. The smallest absolute Gasteiger partial charge is 0.191 e. The van der Waals surface area contributed by atoms with Crippen molar-refractivity contribution >= 4 is 5.96 Å². The molecule has 0 bridgehead atoms. The molecule has 1 aliphatic carbocycles. The molecule has 3 fully saturated rings. The van der Waals surface area contributed by atoms with Gasteiger partial charge in [0, 0.05) is 49.7 Å². The van der Waals surface area contributed by atoms with E-state index in [2.05, 4.69) is 50.2 Å². The molecule has 0 spiro atoms. The van der Waals surface area contributed by atoms with E-state index in [4.69, 9.17) is 14.5 Å². The molecule has 0 aromatic rings. The molecule has 156 valence electrons. The normalized spacial score (nSPS) is 32.1. The van der Waals surface area contributed by atoms with E-state index in [-0.39, 0.29) is 5.41 Å². The topological polar surface area (TPSA) is 58.1 Å². The molecular formula is C21H40N4O2. The van der Waals surface area contributed by atoms with Gasteiger partial charge >= 0.3 is 0 Å². The predicted octanol–water partition coefficient (Wildman–Crippen LogP) is 2.10. The Bertz CT molecular complexity index is 502. The molecule has 0 aromatic carbocycles. The highest BCUT2D eigenvalue weighted by Gasteiger charge is 2.59. The van der Waals surface area contributed by atoms with E-state index in [1.54, 1.807) is 0 Å². The average Bonchev–Trinajstić information content (AvgIpc) is 3.10. The first-order valence-electron chi connectivity index (χ1n) is 10.9. The lowest BCUT2D eigenvalue weighted by Crippen LogP contribution is -2.68. The third kappa shape index (κ3) is 4.77. The van der Waals surface area contributed by atoms with Crippen molar-refractivity contribution in [3.8, 4) is 0 Å². The number of rotatable bonds is 7. The average molecular weight is 381 g/mol. The van der Waals surface area contributed by atoms with Gasteiger partial charge < -0.3 is 20.1 Å². The Morgan fingerprint density at radius 2 is 1.96 bits per heavy atom. The van der Waals surface area contributed by atoms with Crippen LogP contribution in [0.2, 0.25) is 0 Å². The van der Waals surface area contributed by atoms with Crippen LogP contribution >= 0.6 is 0 Å². The summed E-state index contributed by atoms with van der Waals surface area (Å²) >= 11 is 0. The lowest BCUT2D eigenvalue weighted by Gasteiger charge is -2.55. The van der Waals surface area contributed by atoms with Gasteiger partial charge in [-0.2, -0.15) is 0 Å². The minimum atomic E-state index is 0.166. The summed E-state index contributed by atoms with van der Waals surface area (Å²) in [7, 11) is 0. The molecule has 2 heterocycles. The Balaban J connectivity index is 1.64. The summed E-state index contributed by atoms with van der Waals surface area (Å²) in [6.45, 7) is 17.7. The van der Waals surface area contributed by atoms with Crippen LogP contribution in [0.15, 0.2) is 4.99 Å². The molecule has 0 radical (unpaired) electrons. The van der Waals surface area contributed by atoms with Crippen molar-refractivity contribution in [1.82, 2.24) is 15.5 Å². The highest BCUT2D eigenvalue weighted by Crippen LogP contribution is 2.52. The van der Waals surface area contributed by atoms with Crippen molar-refractivity contribution < 1.29 is 9.47 Å². The Labute approximate surface area is 165 Å². The second-order valence-corrected chi connectivity index (χ2v) is 9.34. The highest BCUT2D eigenvalue weighted by atomic mass is 16.5. The minimum Gasteiger partial charge on any atom is -0.379 e. The van der Waals surface area contributed by atoms with Crippen molar-refractivity contribution in [3.63, 3.8) is 0 Å². The van der Waals surface area contributed by atoms with Crippen LogP contribution in [0.25, 0.3) is 0 Å². The van der Waals surface area contributed by atoms with Crippen molar-refractivity contribution in [2.75, 3.05) is 46.0 Å². The van der Waals surface area contributed by atoms with Gasteiger partial charge in [0.2, 0.25) is 0 Å². The standard InChI is InChI=1S/C21H40N4O2/c1-6-22-20(24-18-17-7-10-27-19(17)21(18,4)5)23-14-16(13-15(2)3)25-8-11-26-12-9-25/h15-19H,6-14H2,1-5H3,(H2,22,23,24). The molecule has 6 nitrogen and oxygen atoms in total. The van der Waals surface area contributed by atoms with Crippen LogP contribution in [0, 0.1) is 17.3 Å². The molecule has 0 aromatic heterocycles. The SMILES string of the molecule is CCNC(=NCC(CC(C)C)N1CCOCC1)NC1C2CCOC2C1(C)C. The molecule has 6 heteroatoms. The van der Waals surface area contributed by atoms with E-state index in [0.29, 0.717) is 30.0 Å². The van der Waals surface area contributed by atoms with Gasteiger partial charge in [-0.1, -0.05) is 27.7 Å². The van der Waals surface area contributed by atoms with E-state index >= 15 is 0 Å². The van der Waals surface area contributed by atoms with E-state index in [0.717, 1.165) is 58.4 Å². The third-order valence-corrected chi connectivity index (χ3v) is 6.50. The fourth-order valence-electron chi connectivity index (χ4n) is 5.11. The summed E-state index contributed by atoms with van der Waals surface area (Å²) < 4.78 is 11.5. The molecule has 4 atom stereocenters. The van der Waals surface area contributed by atoms with Crippen LogP contribution in [-0.4, -0.2) is 75.0 Å². The quantitative estimate of drug-likeness (QED) is 0.523. The van der Waals surface area contributed by atoms with Crippen LogP contribution in [0.5, 0.6) is 0 Å². The summed E-state index contributed by atoms with van der Waals surface area (Å²) in [6.07, 6.45) is 2.74. The Kier molecular flexibility index (Phi) is 7.03.